The van der Waals surface area contributed by atoms with Gasteiger partial charge in [-0.3, -0.25) is 0 Å². The summed E-state index contributed by atoms with van der Waals surface area (Å²) in [6.45, 7) is 2.06. The Labute approximate surface area is 136 Å². The van der Waals surface area contributed by atoms with Crippen LogP contribution in [0.1, 0.15) is 25.1 Å². The van der Waals surface area contributed by atoms with Crippen molar-refractivity contribution in [2.24, 2.45) is 0 Å². The summed E-state index contributed by atoms with van der Waals surface area (Å²) in [6, 6.07) is 7.22. The Morgan fingerprint density at radius 1 is 1.00 bits per heavy atom. The maximum Gasteiger partial charge on any atom is 0.277 e. The van der Waals surface area contributed by atoms with E-state index in [1.54, 1.807) is 12.1 Å². The van der Waals surface area contributed by atoms with E-state index in [0.717, 1.165) is 18.4 Å². The molecule has 0 saturated carbocycles. The molecule has 0 saturated heterocycles. The van der Waals surface area contributed by atoms with Gasteiger partial charge >= 0.3 is 0 Å². The number of thioether (sulfide) groups is 1. The summed E-state index contributed by atoms with van der Waals surface area (Å²) in [5.41, 5.74) is 0.826. The second kappa shape index (κ2) is 6.93. The van der Waals surface area contributed by atoms with Gasteiger partial charge in [-0.1, -0.05) is 30.3 Å². The van der Waals surface area contributed by atoms with Crippen LogP contribution in [0, 0.1) is 0 Å². The summed E-state index contributed by atoms with van der Waals surface area (Å²) in [5, 5.41) is 17.1. The van der Waals surface area contributed by atoms with Crippen molar-refractivity contribution < 1.29 is 8.83 Å². The second-order valence-electron chi connectivity index (χ2n) is 4.51. The highest BCUT2D eigenvalue weighted by molar-refractivity contribution is 7.98. The Morgan fingerprint density at radius 2 is 1.77 bits per heavy atom. The second-order valence-corrected chi connectivity index (χ2v) is 5.87. The van der Waals surface area contributed by atoms with Gasteiger partial charge in [0.05, 0.1) is 5.75 Å². The number of hydrogen-bond acceptors (Lipinski definition) is 7. The number of aryl methyl sites for hydroxylation is 1. The molecule has 0 radical (unpaired) electrons. The van der Waals surface area contributed by atoms with E-state index in [1.807, 2.05) is 12.1 Å². The molecule has 2 heterocycles. The smallest absolute Gasteiger partial charge is 0.277 e. The third-order valence-electron chi connectivity index (χ3n) is 2.79. The summed E-state index contributed by atoms with van der Waals surface area (Å²) < 4.78 is 11.1. The fraction of sp³-hybridized carbons (Fsp3) is 0.286. The Bertz CT molecular complexity index is 741. The molecule has 6 nitrogen and oxygen atoms in total. The molecular weight excluding hydrogens is 324 g/mol. The molecule has 0 aliphatic carbocycles. The predicted octanol–water partition coefficient (Wildman–Crippen LogP) is 4.02. The lowest BCUT2D eigenvalue weighted by Gasteiger charge is -1.94. The van der Waals surface area contributed by atoms with Crippen LogP contribution in [0.2, 0.25) is 5.02 Å². The van der Waals surface area contributed by atoms with Crippen LogP contribution in [-0.2, 0) is 12.2 Å². The van der Waals surface area contributed by atoms with Gasteiger partial charge in [-0.15, -0.1) is 20.4 Å². The topological polar surface area (TPSA) is 77.8 Å². The van der Waals surface area contributed by atoms with Gasteiger partial charge in [-0.25, -0.2) is 0 Å². The number of hydrogen-bond donors (Lipinski definition) is 0. The normalized spacial score (nSPS) is 11.0. The lowest BCUT2D eigenvalue weighted by atomic mass is 10.2. The maximum atomic E-state index is 5.85. The zero-order chi connectivity index (χ0) is 15.4. The molecular formula is C14H13ClN4O2S. The van der Waals surface area contributed by atoms with E-state index in [1.165, 1.54) is 11.8 Å². The lowest BCUT2D eigenvalue weighted by Crippen LogP contribution is -1.80. The van der Waals surface area contributed by atoms with Crippen LogP contribution in [0.25, 0.3) is 11.5 Å². The van der Waals surface area contributed by atoms with Crippen LogP contribution in [0.3, 0.4) is 0 Å². The standard InChI is InChI=1S/C14H13ClN4O2S/c1-2-3-11-16-17-12(20-11)8-22-14-19-18-13(21-14)9-4-6-10(15)7-5-9/h4-7H,2-3,8H2,1H3. The van der Waals surface area contributed by atoms with Gasteiger partial charge in [0.2, 0.25) is 17.7 Å². The first-order valence-corrected chi connectivity index (χ1v) is 8.14. The zero-order valence-electron chi connectivity index (χ0n) is 11.8. The van der Waals surface area contributed by atoms with Crippen molar-refractivity contribution in [2.45, 2.75) is 30.7 Å². The maximum absolute atomic E-state index is 5.85. The molecule has 0 N–H and O–H groups in total. The molecule has 114 valence electrons. The minimum absolute atomic E-state index is 0.455. The molecule has 0 aliphatic rings. The van der Waals surface area contributed by atoms with Gasteiger partial charge in [-0.2, -0.15) is 0 Å². The van der Waals surface area contributed by atoms with Crippen LogP contribution >= 0.6 is 23.4 Å². The van der Waals surface area contributed by atoms with Crippen molar-refractivity contribution in [1.82, 2.24) is 20.4 Å². The number of aromatic nitrogens is 4. The van der Waals surface area contributed by atoms with Crippen LogP contribution in [0.4, 0.5) is 0 Å². The van der Waals surface area contributed by atoms with E-state index < -0.39 is 0 Å². The zero-order valence-corrected chi connectivity index (χ0v) is 13.4. The van der Waals surface area contributed by atoms with Gasteiger partial charge in [-0.05, 0) is 30.7 Å². The van der Waals surface area contributed by atoms with E-state index in [4.69, 9.17) is 20.4 Å². The predicted molar refractivity (Wildman–Crippen MR) is 82.6 cm³/mol. The number of benzene rings is 1. The molecule has 2 aromatic heterocycles. The van der Waals surface area contributed by atoms with E-state index in [-0.39, 0.29) is 0 Å². The molecule has 1 aromatic carbocycles. The van der Waals surface area contributed by atoms with Gasteiger partial charge in [0.25, 0.3) is 5.22 Å². The third-order valence-corrected chi connectivity index (χ3v) is 3.84. The minimum Gasteiger partial charge on any atom is -0.424 e. The number of rotatable bonds is 6. The molecule has 0 unspecified atom stereocenters. The van der Waals surface area contributed by atoms with Gasteiger partial charge < -0.3 is 8.83 Å². The van der Waals surface area contributed by atoms with Crippen molar-refractivity contribution >= 4 is 23.4 Å². The Hall–Kier alpha value is -1.86. The fourth-order valence-electron chi connectivity index (χ4n) is 1.76. The van der Waals surface area contributed by atoms with Crippen LogP contribution in [-0.4, -0.2) is 20.4 Å². The van der Waals surface area contributed by atoms with E-state index >= 15 is 0 Å². The van der Waals surface area contributed by atoms with Crippen molar-refractivity contribution in [2.75, 3.05) is 0 Å². The summed E-state index contributed by atoms with van der Waals surface area (Å²) in [4.78, 5) is 0. The molecule has 0 aliphatic heterocycles. The quantitative estimate of drug-likeness (QED) is 0.629. The minimum atomic E-state index is 0.455. The largest absolute Gasteiger partial charge is 0.424 e. The summed E-state index contributed by atoms with van der Waals surface area (Å²) in [6.07, 6.45) is 1.77. The number of nitrogens with zero attached hydrogens (tertiary/aromatic N) is 4. The molecule has 8 heteroatoms. The molecule has 3 rings (SSSR count). The first-order valence-electron chi connectivity index (χ1n) is 6.78. The van der Waals surface area contributed by atoms with Crippen molar-refractivity contribution in [3.63, 3.8) is 0 Å². The van der Waals surface area contributed by atoms with Crippen molar-refractivity contribution in [1.29, 1.82) is 0 Å². The van der Waals surface area contributed by atoms with Crippen LogP contribution < -0.4 is 0 Å². The van der Waals surface area contributed by atoms with Gasteiger partial charge in [0.1, 0.15) is 0 Å². The van der Waals surface area contributed by atoms with Crippen molar-refractivity contribution in [3.05, 3.63) is 41.1 Å². The molecule has 3 aromatic rings. The third kappa shape index (κ3) is 3.66. The fourth-order valence-corrected chi connectivity index (χ4v) is 2.49. The Morgan fingerprint density at radius 3 is 2.55 bits per heavy atom. The average Bonchev–Trinajstić information content (AvgIpc) is 3.16. The molecule has 0 fully saturated rings. The van der Waals surface area contributed by atoms with E-state index in [0.29, 0.717) is 33.7 Å². The highest BCUT2D eigenvalue weighted by Gasteiger charge is 2.11. The Balaban J connectivity index is 1.62. The number of halogens is 1. The molecule has 0 spiro atoms. The SMILES string of the molecule is CCCc1nnc(CSc2nnc(-c3ccc(Cl)cc3)o2)o1. The average molecular weight is 337 g/mol. The first kappa shape index (κ1) is 15.1. The monoisotopic (exact) mass is 336 g/mol. The summed E-state index contributed by atoms with van der Waals surface area (Å²) in [7, 11) is 0. The summed E-state index contributed by atoms with van der Waals surface area (Å²) >= 11 is 7.21. The van der Waals surface area contributed by atoms with Crippen LogP contribution in [0.15, 0.2) is 38.3 Å². The van der Waals surface area contributed by atoms with Gasteiger partial charge in [0, 0.05) is 17.0 Å². The Kier molecular flexibility index (Phi) is 4.74. The van der Waals surface area contributed by atoms with Crippen LogP contribution in [0.5, 0.6) is 0 Å². The highest BCUT2D eigenvalue weighted by Crippen LogP contribution is 2.26. The highest BCUT2D eigenvalue weighted by atomic mass is 35.5. The van der Waals surface area contributed by atoms with E-state index in [9.17, 15) is 0 Å². The molecule has 0 amide bonds. The molecule has 22 heavy (non-hydrogen) atoms. The summed E-state index contributed by atoms with van der Waals surface area (Å²) in [5.74, 6) is 2.17. The molecule has 0 bridgehead atoms. The van der Waals surface area contributed by atoms with Gasteiger partial charge in [0.15, 0.2) is 0 Å². The molecule has 0 atom stereocenters. The first-order chi connectivity index (χ1) is 10.7. The van der Waals surface area contributed by atoms with Crippen molar-refractivity contribution in [3.8, 4) is 11.5 Å². The van der Waals surface area contributed by atoms with E-state index in [2.05, 4.69) is 27.3 Å². The lowest BCUT2D eigenvalue weighted by molar-refractivity contribution is 0.454.